The molecule has 148 heavy (non-hydrogen) atoms. The fourth-order valence-corrected chi connectivity index (χ4v) is 19.8. The molecule has 768 valence electrons. The van der Waals surface area contributed by atoms with E-state index in [4.69, 9.17) is 14.6 Å². The summed E-state index contributed by atoms with van der Waals surface area (Å²) in [4.78, 5) is 151. The van der Waals surface area contributed by atoms with Crippen LogP contribution in [0.3, 0.4) is 0 Å². The van der Waals surface area contributed by atoms with Gasteiger partial charge >= 0.3 is 0 Å². The lowest BCUT2D eigenvalue weighted by Gasteiger charge is -2.49. The molecule has 15 heterocycles. The van der Waals surface area contributed by atoms with Crippen molar-refractivity contribution in [3.8, 4) is 45.0 Å². The molecule has 38 heteroatoms. The zero-order chi connectivity index (χ0) is 106. The maximum atomic E-state index is 13.7. The summed E-state index contributed by atoms with van der Waals surface area (Å²) in [5.41, 5.74) is 10.7. The van der Waals surface area contributed by atoms with Gasteiger partial charge in [0.1, 0.15) is 64.3 Å². The number of piperazine rings is 4. The van der Waals surface area contributed by atoms with E-state index in [1.54, 1.807) is 157 Å². The van der Waals surface area contributed by atoms with Crippen molar-refractivity contribution in [3.63, 3.8) is 0 Å². The van der Waals surface area contributed by atoms with E-state index in [1.807, 2.05) is 98.4 Å². The lowest BCUT2D eigenvalue weighted by Crippen LogP contribution is -2.63. The minimum atomic E-state index is -0.757. The van der Waals surface area contributed by atoms with Crippen LogP contribution in [0, 0.1) is 29.2 Å². The highest BCUT2D eigenvalue weighted by molar-refractivity contribution is 5.99. The molecule has 0 bridgehead atoms. The number of aromatic nitrogens is 16. The molecule has 15 aromatic rings. The first-order valence-electron chi connectivity index (χ1n) is 49.5. The van der Waals surface area contributed by atoms with Crippen LogP contribution in [0.25, 0.3) is 67.6 Å². The largest absolute Gasteiger partial charge is 0.390 e. The third-order valence-corrected chi connectivity index (χ3v) is 27.7. The van der Waals surface area contributed by atoms with Gasteiger partial charge in [-0.25, -0.2) is 65.5 Å². The van der Waals surface area contributed by atoms with Gasteiger partial charge in [0.15, 0.2) is 28.3 Å². The van der Waals surface area contributed by atoms with E-state index in [2.05, 4.69) is 98.8 Å². The van der Waals surface area contributed by atoms with Crippen molar-refractivity contribution >= 4 is 69.8 Å². The van der Waals surface area contributed by atoms with Gasteiger partial charge in [-0.3, -0.25) is 43.3 Å². The number of rotatable bonds is 15. The van der Waals surface area contributed by atoms with Crippen molar-refractivity contribution in [3.05, 3.63) is 287 Å². The zero-order valence-electron chi connectivity index (χ0n) is 86.1. The van der Waals surface area contributed by atoms with Crippen LogP contribution in [0.15, 0.2) is 206 Å². The van der Waals surface area contributed by atoms with Crippen molar-refractivity contribution in [1.29, 1.82) is 0 Å². The summed E-state index contributed by atoms with van der Waals surface area (Å²) in [6.07, 6.45) is 14.9. The lowest BCUT2D eigenvalue weighted by molar-refractivity contribution is -0.153. The lowest BCUT2D eigenvalue weighted by atomic mass is 9.71. The number of fused-ring (bicyclic) bond motifs is 4. The molecule has 0 radical (unpaired) electrons. The second kappa shape index (κ2) is 40.9. The SMILES string of the molecule is CC(C)c1cc(-c2ccc(F)cc2)nn2cc(C(=O)N3CCN(C(=O)c4ccccn4)CC3(C)C)nc12.CC(C)c1cc(-c2ccc(F)cc2)nn2cc(C(=O)N3CCN(C(=O)c4ccon4)CC3(C)C)nc12.CC(C)c1cc(-c2ccc(F)cc2)nn2cc(C(=O)N3CCN(C(=O)c4cncnc4)CC3(C)C)nc12.CC1(O)CC(C(=O)N2CCN(C(=O)c3cn4nc(-c5ccc(F)cc5)cc(C(C)(C)C)c4n3)C(C)(C)C2)C1. The third-order valence-electron chi connectivity index (χ3n) is 27.7. The minimum Gasteiger partial charge on any atom is -0.390 e. The molecule has 0 atom stereocenters. The second-order valence-corrected chi connectivity index (χ2v) is 43.1. The van der Waals surface area contributed by atoms with Crippen LogP contribution < -0.4 is 0 Å². The van der Waals surface area contributed by atoms with Crippen LogP contribution in [0.2, 0.25) is 0 Å². The number of aliphatic hydroxyl groups is 1. The molecule has 4 saturated heterocycles. The molecule has 4 aromatic carbocycles. The fourth-order valence-electron chi connectivity index (χ4n) is 19.8. The first kappa shape index (κ1) is 104. The second-order valence-electron chi connectivity index (χ2n) is 43.1. The molecular formula is C110H120F4N24O10. The summed E-state index contributed by atoms with van der Waals surface area (Å²) in [7, 11) is 0. The van der Waals surface area contributed by atoms with Gasteiger partial charge in [0.05, 0.1) is 80.9 Å². The van der Waals surface area contributed by atoms with Gasteiger partial charge < -0.3 is 48.8 Å². The average molecular weight is 2010 g/mol. The van der Waals surface area contributed by atoms with Gasteiger partial charge in [-0.2, -0.15) is 20.4 Å². The number of amides is 8. The Bertz CT molecular complexity index is 7300. The van der Waals surface area contributed by atoms with Gasteiger partial charge in [0.25, 0.3) is 41.4 Å². The summed E-state index contributed by atoms with van der Waals surface area (Å²) in [5, 5.41) is 32.5. The number of hydrogen-bond acceptors (Lipinski definition) is 22. The maximum absolute atomic E-state index is 13.7. The number of halogens is 4. The average Bonchev–Trinajstić information content (AvgIpc) is 1.57. The number of pyridine rings is 1. The number of carbonyl (C=O) groups excluding carboxylic acids is 8. The van der Waals surface area contributed by atoms with E-state index >= 15 is 0 Å². The molecule has 20 rings (SSSR count). The molecule has 34 nitrogen and oxygen atoms in total. The summed E-state index contributed by atoms with van der Waals surface area (Å²) < 4.78 is 65.1. The van der Waals surface area contributed by atoms with Crippen LogP contribution >= 0.6 is 0 Å². The van der Waals surface area contributed by atoms with Gasteiger partial charge in [0.2, 0.25) is 5.91 Å². The van der Waals surface area contributed by atoms with Gasteiger partial charge in [-0.1, -0.05) is 73.5 Å². The van der Waals surface area contributed by atoms with Gasteiger partial charge in [-0.05, 0) is 232 Å². The van der Waals surface area contributed by atoms with E-state index in [9.17, 15) is 61.0 Å². The fraction of sp³-hybridized carbons (Fsp3) is 0.382. The molecule has 0 unspecified atom stereocenters. The summed E-state index contributed by atoms with van der Waals surface area (Å²) in [5.74, 6) is -2.36. The molecule has 1 aliphatic carbocycles. The number of nitrogens with zero attached hydrogens (tertiary/aromatic N) is 24. The predicted molar refractivity (Wildman–Crippen MR) is 545 cm³/mol. The normalized spacial score (nSPS) is 17.5. The van der Waals surface area contributed by atoms with Crippen molar-refractivity contribution in [2.24, 2.45) is 5.92 Å². The van der Waals surface area contributed by atoms with Crippen LogP contribution in [-0.4, -0.2) is 276 Å². The van der Waals surface area contributed by atoms with Crippen LogP contribution in [0.1, 0.15) is 251 Å². The smallest absolute Gasteiger partial charge is 0.276 e. The molecule has 4 aliphatic heterocycles. The number of imidazole rings is 4. The monoisotopic (exact) mass is 2010 g/mol. The highest BCUT2D eigenvalue weighted by atomic mass is 19.1. The highest BCUT2D eigenvalue weighted by Crippen LogP contribution is 2.41. The number of carbonyl (C=O) groups is 8. The maximum Gasteiger partial charge on any atom is 0.276 e. The Morgan fingerprint density at radius 3 is 1.01 bits per heavy atom. The zero-order valence-corrected chi connectivity index (χ0v) is 86.1. The van der Waals surface area contributed by atoms with Gasteiger partial charge in [-0.15, -0.1) is 0 Å². The van der Waals surface area contributed by atoms with E-state index in [0.29, 0.717) is 159 Å². The van der Waals surface area contributed by atoms with E-state index in [-0.39, 0.29) is 117 Å². The summed E-state index contributed by atoms with van der Waals surface area (Å²) in [6.45, 7) is 40.5. The Balaban J connectivity index is 0.000000135. The minimum absolute atomic E-state index is 0.0526. The highest BCUT2D eigenvalue weighted by Gasteiger charge is 2.49. The first-order valence-corrected chi connectivity index (χ1v) is 49.5. The Labute approximate surface area is 853 Å². The molecular weight excluding hydrogens is 1890 g/mol. The van der Waals surface area contributed by atoms with E-state index in [0.717, 1.165) is 44.5 Å². The topological polar surface area (TPSA) is 368 Å². The summed E-state index contributed by atoms with van der Waals surface area (Å²) in [6, 6.07) is 39.2. The van der Waals surface area contributed by atoms with Crippen molar-refractivity contribution in [2.45, 2.75) is 188 Å². The van der Waals surface area contributed by atoms with Crippen molar-refractivity contribution in [2.75, 3.05) is 78.5 Å². The van der Waals surface area contributed by atoms with Crippen LogP contribution in [0.4, 0.5) is 17.6 Å². The molecule has 8 amide bonds. The Kier molecular flexibility index (Phi) is 28.7. The molecule has 1 N–H and O–H groups in total. The van der Waals surface area contributed by atoms with Crippen LogP contribution in [-0.2, 0) is 10.2 Å². The molecule has 0 spiro atoms. The quantitative estimate of drug-likeness (QED) is 0.0931. The summed E-state index contributed by atoms with van der Waals surface area (Å²) >= 11 is 0. The van der Waals surface area contributed by atoms with E-state index < -0.39 is 27.8 Å². The number of hydrogen-bond donors (Lipinski definition) is 1. The third kappa shape index (κ3) is 21.9. The van der Waals surface area contributed by atoms with Gasteiger partial charge in [0, 0.05) is 154 Å². The first-order chi connectivity index (χ1) is 70.1. The Morgan fingerprint density at radius 2 is 0.696 bits per heavy atom. The van der Waals surface area contributed by atoms with Crippen molar-refractivity contribution < 1.29 is 65.5 Å². The predicted octanol–water partition coefficient (Wildman–Crippen LogP) is 16.3. The molecule has 11 aromatic heterocycles. The standard InChI is InChI=1S/C29H36FN5O3.C28H29FN6O2.C27H28FN7O2.C26H27FN6O3/c1-27(2,3)21-13-22(18-7-9-20(30)10-8-18)32-35-16-23(31-24(21)35)26(37)34-12-11-33(17-28(34,4)5)25(36)19-14-29(6,38)15-19;1-18(2)21-15-23(19-8-10-20(29)11-9-19)32-35-16-24(31-25(21)35)27(37)34-14-13-33(17-28(34,3)4)26(36)22-7-5-6-12-30-22;1-17(2)21-11-22(18-5-7-20(28)8-6-18)32-35-14-23(31-24(21)35)26(37)34-10-9-33(15-27(34,3)4)25(36)19-12-29-16-30-13-19;1-16(2)19-13-21(17-5-7-18(27)8-6-17)29-33-14-22(28-23(19)33)25(35)32-11-10-31(15-26(32,3)4)24(34)20-9-12-36-30-20/h7-10,13,16,19,38H,11-12,14-15,17H2,1-6H3;5-12,15-16,18H,13-14,17H2,1-4H3;5-8,11-14,16-17H,9-10,15H2,1-4H3;5-9,12-14,16H,10-11,15H2,1-4H3. The Morgan fingerprint density at radius 1 is 0.378 bits per heavy atom. The molecule has 5 fully saturated rings. The molecule has 5 aliphatic rings. The number of benzene rings is 4. The Hall–Kier alpha value is -15.8. The van der Waals surface area contributed by atoms with E-state index in [1.165, 1.54) is 79.6 Å². The van der Waals surface area contributed by atoms with Crippen molar-refractivity contribution in [1.82, 2.24) is 118 Å². The molecule has 1 saturated carbocycles. The van der Waals surface area contributed by atoms with Crippen LogP contribution in [0.5, 0.6) is 0 Å².